The molecule has 5 nitrogen and oxygen atoms in total. The molecule has 0 saturated heterocycles. The maximum absolute atomic E-state index is 11.8. The van der Waals surface area contributed by atoms with Crippen LogP contribution in [0.15, 0.2) is 0 Å². The van der Waals surface area contributed by atoms with Gasteiger partial charge >= 0.3 is 18.2 Å². The maximum Gasteiger partial charge on any atom is 0.390 e. The molecule has 2 amide bonds. The van der Waals surface area contributed by atoms with Crippen LogP contribution in [0.4, 0.5) is 18.0 Å². The van der Waals surface area contributed by atoms with Crippen LogP contribution in [0.2, 0.25) is 0 Å². The first-order valence-electron chi connectivity index (χ1n) is 5.62. The number of urea groups is 1. The van der Waals surface area contributed by atoms with Crippen LogP contribution in [0.5, 0.6) is 0 Å². The fourth-order valence-electron chi connectivity index (χ4n) is 1.89. The third-order valence-corrected chi connectivity index (χ3v) is 2.81. The topological polar surface area (TPSA) is 78.4 Å². The summed E-state index contributed by atoms with van der Waals surface area (Å²) in [7, 11) is 0. The van der Waals surface area contributed by atoms with Crippen molar-refractivity contribution < 1.29 is 27.9 Å². The van der Waals surface area contributed by atoms with Crippen molar-refractivity contribution in [1.29, 1.82) is 0 Å². The van der Waals surface area contributed by atoms with E-state index in [1.54, 1.807) is 0 Å². The van der Waals surface area contributed by atoms with Crippen LogP contribution in [0.1, 0.15) is 25.7 Å². The summed E-state index contributed by atoms with van der Waals surface area (Å²) in [4.78, 5) is 21.9. The molecule has 1 fully saturated rings. The number of carbonyl (C=O) groups is 2. The zero-order valence-corrected chi connectivity index (χ0v) is 9.59. The Balaban J connectivity index is 2.20. The molecule has 0 aromatic heterocycles. The van der Waals surface area contributed by atoms with E-state index >= 15 is 0 Å². The monoisotopic (exact) mass is 268 g/mol. The van der Waals surface area contributed by atoms with Crippen molar-refractivity contribution in [3.8, 4) is 0 Å². The third kappa shape index (κ3) is 5.24. The summed E-state index contributed by atoms with van der Waals surface area (Å²) in [6.45, 7) is -0.482. The van der Waals surface area contributed by atoms with Gasteiger partial charge in [0.2, 0.25) is 0 Å². The van der Waals surface area contributed by atoms with Crippen LogP contribution in [-0.2, 0) is 4.79 Å². The van der Waals surface area contributed by atoms with Crippen molar-refractivity contribution in [2.45, 2.75) is 37.9 Å². The Morgan fingerprint density at radius 3 is 2.44 bits per heavy atom. The molecular formula is C10H15F3N2O3. The molecule has 1 saturated carbocycles. The molecule has 2 unspecified atom stereocenters. The highest BCUT2D eigenvalue weighted by molar-refractivity contribution is 5.75. The fourth-order valence-corrected chi connectivity index (χ4v) is 1.89. The SMILES string of the molecule is O=C(NCCC(F)(F)F)NC1CCC(C(=O)O)C1. The van der Waals surface area contributed by atoms with Gasteiger partial charge in [-0.05, 0) is 19.3 Å². The maximum atomic E-state index is 11.8. The molecule has 0 aromatic rings. The predicted molar refractivity (Wildman–Crippen MR) is 56.0 cm³/mol. The second kappa shape index (κ2) is 5.92. The van der Waals surface area contributed by atoms with Crippen LogP contribution < -0.4 is 10.6 Å². The lowest BCUT2D eigenvalue weighted by molar-refractivity contribution is -0.141. The zero-order chi connectivity index (χ0) is 13.8. The first-order chi connectivity index (χ1) is 8.28. The number of hydrogen-bond donors (Lipinski definition) is 3. The number of carboxylic acids is 1. The van der Waals surface area contributed by atoms with Gasteiger partial charge in [-0.25, -0.2) is 4.79 Å². The molecule has 2 atom stereocenters. The van der Waals surface area contributed by atoms with E-state index in [-0.39, 0.29) is 6.04 Å². The minimum Gasteiger partial charge on any atom is -0.481 e. The van der Waals surface area contributed by atoms with Crippen LogP contribution in [0.3, 0.4) is 0 Å². The van der Waals surface area contributed by atoms with E-state index in [9.17, 15) is 22.8 Å². The average Bonchev–Trinajstić information content (AvgIpc) is 2.64. The number of rotatable bonds is 4. The molecule has 0 aliphatic heterocycles. The molecule has 0 spiro atoms. The number of hydrogen-bond acceptors (Lipinski definition) is 2. The lowest BCUT2D eigenvalue weighted by Crippen LogP contribution is -2.42. The molecule has 0 heterocycles. The average molecular weight is 268 g/mol. The van der Waals surface area contributed by atoms with Gasteiger partial charge in [-0.1, -0.05) is 0 Å². The Morgan fingerprint density at radius 2 is 1.94 bits per heavy atom. The fraction of sp³-hybridized carbons (Fsp3) is 0.800. The summed E-state index contributed by atoms with van der Waals surface area (Å²) in [5.74, 6) is -1.39. The Labute approximate surface area is 102 Å². The smallest absolute Gasteiger partial charge is 0.390 e. The molecule has 8 heteroatoms. The van der Waals surface area contributed by atoms with Crippen molar-refractivity contribution in [1.82, 2.24) is 10.6 Å². The van der Waals surface area contributed by atoms with E-state index in [1.807, 2.05) is 0 Å². The van der Waals surface area contributed by atoms with Gasteiger partial charge in [0, 0.05) is 12.6 Å². The van der Waals surface area contributed by atoms with Crippen LogP contribution in [-0.4, -0.2) is 35.9 Å². The van der Waals surface area contributed by atoms with Gasteiger partial charge in [-0.3, -0.25) is 4.79 Å². The molecule has 3 N–H and O–H groups in total. The Bertz CT molecular complexity index is 320. The normalized spacial score (nSPS) is 23.7. The van der Waals surface area contributed by atoms with Crippen LogP contribution >= 0.6 is 0 Å². The summed E-state index contributed by atoms with van der Waals surface area (Å²) < 4.78 is 35.4. The molecule has 104 valence electrons. The second-order valence-electron chi connectivity index (χ2n) is 4.31. The van der Waals surface area contributed by atoms with Gasteiger partial charge in [0.05, 0.1) is 12.3 Å². The summed E-state index contributed by atoms with van der Waals surface area (Å²) in [5.41, 5.74) is 0. The Hall–Kier alpha value is -1.47. The molecule has 1 aliphatic rings. The quantitative estimate of drug-likeness (QED) is 0.722. The predicted octanol–water partition coefficient (Wildman–Crippen LogP) is 1.49. The molecule has 1 aliphatic carbocycles. The number of nitrogens with one attached hydrogen (secondary N) is 2. The number of carbonyl (C=O) groups excluding carboxylic acids is 1. The van der Waals surface area contributed by atoms with Gasteiger partial charge in [0.25, 0.3) is 0 Å². The van der Waals surface area contributed by atoms with Gasteiger partial charge in [0.15, 0.2) is 0 Å². The first-order valence-corrected chi connectivity index (χ1v) is 5.62. The van der Waals surface area contributed by atoms with E-state index in [4.69, 9.17) is 5.11 Å². The molecular weight excluding hydrogens is 253 g/mol. The summed E-state index contributed by atoms with van der Waals surface area (Å²) in [5, 5.41) is 13.3. The summed E-state index contributed by atoms with van der Waals surface area (Å²) >= 11 is 0. The molecule has 0 aromatic carbocycles. The van der Waals surface area contributed by atoms with Crippen molar-refractivity contribution in [3.63, 3.8) is 0 Å². The minimum absolute atomic E-state index is 0.281. The lowest BCUT2D eigenvalue weighted by atomic mass is 10.1. The summed E-state index contributed by atoms with van der Waals surface area (Å²) in [6, 6.07) is -0.965. The number of amides is 2. The molecule has 0 radical (unpaired) electrons. The number of halogens is 3. The van der Waals surface area contributed by atoms with Crippen LogP contribution in [0, 0.1) is 5.92 Å². The highest BCUT2D eigenvalue weighted by Crippen LogP contribution is 2.25. The lowest BCUT2D eigenvalue weighted by Gasteiger charge is -2.13. The highest BCUT2D eigenvalue weighted by atomic mass is 19.4. The largest absolute Gasteiger partial charge is 0.481 e. The highest BCUT2D eigenvalue weighted by Gasteiger charge is 2.31. The van der Waals surface area contributed by atoms with Crippen molar-refractivity contribution in [2.24, 2.45) is 5.92 Å². The Kier molecular flexibility index (Phi) is 4.80. The van der Waals surface area contributed by atoms with E-state index in [1.165, 1.54) is 0 Å². The summed E-state index contributed by atoms with van der Waals surface area (Å²) in [6.07, 6.45) is -4.05. The minimum atomic E-state index is -4.30. The van der Waals surface area contributed by atoms with Crippen molar-refractivity contribution in [2.75, 3.05) is 6.54 Å². The molecule has 18 heavy (non-hydrogen) atoms. The Morgan fingerprint density at radius 1 is 1.28 bits per heavy atom. The van der Waals surface area contributed by atoms with Gasteiger partial charge in [0.1, 0.15) is 0 Å². The van der Waals surface area contributed by atoms with E-state index < -0.39 is 37.1 Å². The van der Waals surface area contributed by atoms with Gasteiger partial charge in [-0.15, -0.1) is 0 Å². The van der Waals surface area contributed by atoms with Gasteiger partial charge < -0.3 is 15.7 Å². The number of alkyl halides is 3. The first kappa shape index (κ1) is 14.6. The van der Waals surface area contributed by atoms with Crippen LogP contribution in [0.25, 0.3) is 0 Å². The zero-order valence-electron chi connectivity index (χ0n) is 9.59. The van der Waals surface area contributed by atoms with E-state index in [0.29, 0.717) is 19.3 Å². The van der Waals surface area contributed by atoms with Gasteiger partial charge in [-0.2, -0.15) is 13.2 Å². The number of carboxylic acid groups (broad SMARTS) is 1. The molecule has 1 rings (SSSR count). The van der Waals surface area contributed by atoms with Crippen molar-refractivity contribution in [3.05, 3.63) is 0 Å². The standard InChI is InChI=1S/C10H15F3N2O3/c11-10(12,13)3-4-14-9(18)15-7-2-1-6(5-7)8(16)17/h6-7H,1-5H2,(H,16,17)(H2,14,15,18). The third-order valence-electron chi connectivity index (χ3n) is 2.81. The molecule has 0 bridgehead atoms. The van der Waals surface area contributed by atoms with Crippen molar-refractivity contribution >= 4 is 12.0 Å². The van der Waals surface area contributed by atoms with E-state index in [0.717, 1.165) is 0 Å². The second-order valence-corrected chi connectivity index (χ2v) is 4.31. The number of aliphatic carboxylic acids is 1. The van der Waals surface area contributed by atoms with E-state index in [2.05, 4.69) is 10.6 Å².